The van der Waals surface area contributed by atoms with Crippen molar-refractivity contribution in [3.05, 3.63) is 37.8 Å². The van der Waals surface area contributed by atoms with E-state index in [-0.39, 0.29) is 10.1 Å². The highest BCUT2D eigenvalue weighted by molar-refractivity contribution is 9.11. The molecule has 9 heteroatoms. The van der Waals surface area contributed by atoms with E-state index in [0.717, 1.165) is 16.6 Å². The van der Waals surface area contributed by atoms with Crippen LogP contribution < -0.4 is 0 Å². The van der Waals surface area contributed by atoms with E-state index in [1.165, 1.54) is 26.1 Å². The van der Waals surface area contributed by atoms with Crippen molar-refractivity contribution in [1.29, 1.82) is 0 Å². The Morgan fingerprint density at radius 1 is 1.24 bits per heavy atom. The third kappa shape index (κ3) is 3.21. The molecule has 4 rings (SSSR count). The molecule has 0 aliphatic carbocycles. The summed E-state index contributed by atoms with van der Waals surface area (Å²) in [4.78, 5) is 16.2. The normalized spacial score (nSPS) is 21.5. The van der Waals surface area contributed by atoms with E-state index in [2.05, 4.69) is 27.4 Å². The molecule has 0 bridgehead atoms. The lowest BCUT2D eigenvalue weighted by molar-refractivity contribution is -0.135. The molecular weight excluding hydrogens is 444 g/mol. The lowest BCUT2D eigenvalue weighted by atomic mass is 10.1. The molecule has 1 saturated heterocycles. The van der Waals surface area contributed by atoms with Crippen molar-refractivity contribution >= 4 is 54.5 Å². The number of carbonyl (C=O) groups is 1. The predicted molar refractivity (Wildman–Crippen MR) is 102 cm³/mol. The summed E-state index contributed by atoms with van der Waals surface area (Å²) in [6.07, 6.45) is 2.17. The molecule has 1 atom stereocenters. The predicted octanol–water partition coefficient (Wildman–Crippen LogP) is 3.31. The lowest BCUT2D eigenvalue weighted by Crippen LogP contribution is -2.48. The minimum Gasteiger partial charge on any atom is -0.337 e. The standard InChI is InChI=1S/C16H17BrN2O3S3/c17-14-3-4-15(24-14)25(21,22)19-7-1-2-12(19)16(20)18-8-5-13-11(10-18)6-9-23-13/h3-4,6,9,12H,1-2,5,7-8,10H2/t12-/m1/s1. The fourth-order valence-corrected chi connectivity index (χ4v) is 8.15. The summed E-state index contributed by atoms with van der Waals surface area (Å²) in [5.74, 6) is -0.0615. The summed E-state index contributed by atoms with van der Waals surface area (Å²) < 4.78 is 28.4. The van der Waals surface area contributed by atoms with Crippen molar-refractivity contribution in [3.8, 4) is 0 Å². The first-order valence-electron chi connectivity index (χ1n) is 8.08. The minimum atomic E-state index is -3.62. The van der Waals surface area contributed by atoms with Crippen LogP contribution in [0, 0.1) is 0 Å². The average Bonchev–Trinajstić information content (AvgIpc) is 3.33. The Kier molecular flexibility index (Phi) is 4.78. The van der Waals surface area contributed by atoms with Crippen LogP contribution in [0.25, 0.3) is 0 Å². The van der Waals surface area contributed by atoms with E-state index in [9.17, 15) is 13.2 Å². The van der Waals surface area contributed by atoms with Gasteiger partial charge in [-0.1, -0.05) is 0 Å². The molecule has 0 aromatic carbocycles. The van der Waals surface area contributed by atoms with Gasteiger partial charge in [0.1, 0.15) is 10.3 Å². The maximum absolute atomic E-state index is 13.0. The van der Waals surface area contributed by atoms with Crippen LogP contribution in [0.5, 0.6) is 0 Å². The monoisotopic (exact) mass is 460 g/mol. The van der Waals surface area contributed by atoms with Crippen LogP contribution in [0.2, 0.25) is 0 Å². The molecule has 25 heavy (non-hydrogen) atoms. The number of halogens is 1. The van der Waals surface area contributed by atoms with Crippen LogP contribution in [0.15, 0.2) is 31.6 Å². The van der Waals surface area contributed by atoms with Gasteiger partial charge in [-0.25, -0.2) is 8.42 Å². The Hall–Kier alpha value is -0.740. The summed E-state index contributed by atoms with van der Waals surface area (Å²) in [6, 6.07) is 4.81. The van der Waals surface area contributed by atoms with Crippen LogP contribution in [0.4, 0.5) is 0 Å². The summed E-state index contributed by atoms with van der Waals surface area (Å²) in [7, 11) is -3.62. The quantitative estimate of drug-likeness (QED) is 0.705. The number of carbonyl (C=O) groups excluding carboxylic acids is 1. The molecular formula is C16H17BrN2O3S3. The third-order valence-corrected chi connectivity index (χ3v) is 9.74. The van der Waals surface area contributed by atoms with E-state index < -0.39 is 16.1 Å². The molecule has 0 spiro atoms. The van der Waals surface area contributed by atoms with Gasteiger partial charge in [-0.2, -0.15) is 4.31 Å². The van der Waals surface area contributed by atoms with E-state index in [1.807, 2.05) is 4.90 Å². The Bertz CT molecular complexity index is 905. The minimum absolute atomic E-state index is 0.0615. The number of rotatable bonds is 3. The lowest BCUT2D eigenvalue weighted by Gasteiger charge is -2.32. The SMILES string of the molecule is O=C([C@H]1CCCN1S(=O)(=O)c1ccc(Br)s1)N1CCc2sccc2C1. The summed E-state index contributed by atoms with van der Waals surface area (Å²) >= 11 is 6.23. The van der Waals surface area contributed by atoms with Gasteiger partial charge < -0.3 is 4.90 Å². The fourth-order valence-electron chi connectivity index (χ4n) is 3.47. The maximum Gasteiger partial charge on any atom is 0.253 e. The topological polar surface area (TPSA) is 57.7 Å². The zero-order valence-corrected chi connectivity index (χ0v) is 17.4. The second-order valence-corrected chi connectivity index (χ2v) is 11.8. The van der Waals surface area contributed by atoms with E-state index >= 15 is 0 Å². The number of amides is 1. The highest BCUT2D eigenvalue weighted by Crippen LogP contribution is 2.33. The van der Waals surface area contributed by atoms with Gasteiger partial charge in [0.05, 0.1) is 3.79 Å². The van der Waals surface area contributed by atoms with Crippen LogP contribution >= 0.6 is 38.6 Å². The number of hydrogen-bond donors (Lipinski definition) is 0. The summed E-state index contributed by atoms with van der Waals surface area (Å²) in [5, 5.41) is 2.06. The molecule has 0 unspecified atom stereocenters. The van der Waals surface area contributed by atoms with Crippen LogP contribution in [-0.4, -0.2) is 42.7 Å². The summed E-state index contributed by atoms with van der Waals surface area (Å²) in [5.41, 5.74) is 1.19. The molecule has 5 nitrogen and oxygen atoms in total. The van der Waals surface area contributed by atoms with Crippen molar-refractivity contribution in [2.45, 2.75) is 36.1 Å². The first-order chi connectivity index (χ1) is 12.0. The van der Waals surface area contributed by atoms with Crippen molar-refractivity contribution in [2.75, 3.05) is 13.1 Å². The molecule has 4 heterocycles. The van der Waals surface area contributed by atoms with Gasteiger partial charge in [-0.3, -0.25) is 4.79 Å². The number of nitrogens with zero attached hydrogens (tertiary/aromatic N) is 2. The molecule has 134 valence electrons. The highest BCUT2D eigenvalue weighted by Gasteiger charge is 2.42. The van der Waals surface area contributed by atoms with E-state index in [4.69, 9.17) is 0 Å². The van der Waals surface area contributed by atoms with Gasteiger partial charge in [-0.15, -0.1) is 22.7 Å². The van der Waals surface area contributed by atoms with Crippen molar-refractivity contribution in [2.24, 2.45) is 0 Å². The number of hydrogen-bond acceptors (Lipinski definition) is 5. The first-order valence-corrected chi connectivity index (χ1v) is 12.0. The molecule has 0 saturated carbocycles. The molecule has 1 amide bonds. The smallest absolute Gasteiger partial charge is 0.253 e. The largest absolute Gasteiger partial charge is 0.337 e. The van der Waals surface area contributed by atoms with Gasteiger partial charge in [0.25, 0.3) is 10.0 Å². The molecule has 0 radical (unpaired) electrons. The molecule has 1 fully saturated rings. The maximum atomic E-state index is 13.0. The van der Waals surface area contributed by atoms with E-state index in [1.54, 1.807) is 23.5 Å². The van der Waals surface area contributed by atoms with Crippen LogP contribution in [0.1, 0.15) is 23.3 Å². The zero-order chi connectivity index (χ0) is 17.6. The fraction of sp³-hybridized carbons (Fsp3) is 0.438. The molecule has 2 aliphatic rings. The number of thiophene rings is 2. The second-order valence-electron chi connectivity index (χ2n) is 6.21. The third-order valence-electron chi connectivity index (χ3n) is 4.72. The molecule has 2 aromatic heterocycles. The molecule has 0 N–H and O–H groups in total. The zero-order valence-electron chi connectivity index (χ0n) is 13.4. The van der Waals surface area contributed by atoms with E-state index in [0.29, 0.717) is 26.1 Å². The average molecular weight is 461 g/mol. The van der Waals surface area contributed by atoms with Crippen molar-refractivity contribution in [3.63, 3.8) is 0 Å². The van der Waals surface area contributed by atoms with Gasteiger partial charge in [0.15, 0.2) is 0 Å². The van der Waals surface area contributed by atoms with Crippen LogP contribution in [0.3, 0.4) is 0 Å². The van der Waals surface area contributed by atoms with Gasteiger partial charge in [-0.05, 0) is 64.3 Å². The van der Waals surface area contributed by atoms with Gasteiger partial charge in [0.2, 0.25) is 5.91 Å². The number of fused-ring (bicyclic) bond motifs is 1. The van der Waals surface area contributed by atoms with Crippen molar-refractivity contribution < 1.29 is 13.2 Å². The summed E-state index contributed by atoms with van der Waals surface area (Å²) in [6.45, 7) is 1.67. The Morgan fingerprint density at radius 2 is 2.08 bits per heavy atom. The van der Waals surface area contributed by atoms with Crippen molar-refractivity contribution in [1.82, 2.24) is 9.21 Å². The van der Waals surface area contributed by atoms with Gasteiger partial charge in [0, 0.05) is 24.5 Å². The molecule has 2 aromatic rings. The highest BCUT2D eigenvalue weighted by atomic mass is 79.9. The Morgan fingerprint density at radius 3 is 2.84 bits per heavy atom. The Labute approximate surface area is 163 Å². The Balaban J connectivity index is 1.56. The van der Waals surface area contributed by atoms with Gasteiger partial charge >= 0.3 is 0 Å². The number of sulfonamides is 1. The molecule has 2 aliphatic heterocycles. The van der Waals surface area contributed by atoms with Crippen LogP contribution in [-0.2, 0) is 27.8 Å². The first kappa shape index (κ1) is 17.7. The second kappa shape index (κ2) is 6.77.